The summed E-state index contributed by atoms with van der Waals surface area (Å²) < 4.78 is 0. The summed E-state index contributed by atoms with van der Waals surface area (Å²) in [6, 6.07) is 10.0. The first-order valence-electron chi connectivity index (χ1n) is 6.31. The smallest absolute Gasteiger partial charge is 0.251 e. The van der Waals surface area contributed by atoms with Crippen LogP contribution in [0, 0.1) is 0 Å². The van der Waals surface area contributed by atoms with Crippen LogP contribution in [0.2, 0.25) is 0 Å². The molecule has 18 heavy (non-hydrogen) atoms. The van der Waals surface area contributed by atoms with Gasteiger partial charge in [0, 0.05) is 19.6 Å². The van der Waals surface area contributed by atoms with Crippen molar-refractivity contribution >= 4 is 5.91 Å². The minimum Gasteiger partial charge on any atom is -0.384 e. The third kappa shape index (κ3) is 2.71. The van der Waals surface area contributed by atoms with Crippen LogP contribution in [-0.2, 0) is 4.79 Å². The molecule has 1 aromatic rings. The van der Waals surface area contributed by atoms with E-state index in [9.17, 15) is 9.90 Å². The van der Waals surface area contributed by atoms with Crippen molar-refractivity contribution in [2.75, 3.05) is 26.7 Å². The van der Waals surface area contributed by atoms with Crippen LogP contribution < -0.4 is 0 Å². The summed E-state index contributed by atoms with van der Waals surface area (Å²) in [4.78, 5) is 16.0. The van der Waals surface area contributed by atoms with E-state index in [1.807, 2.05) is 30.3 Å². The molecule has 1 aliphatic rings. The number of hydrogen-bond acceptors (Lipinski definition) is 3. The zero-order valence-corrected chi connectivity index (χ0v) is 10.9. The third-order valence-electron chi connectivity index (χ3n) is 3.41. The van der Waals surface area contributed by atoms with Crippen LogP contribution in [0.15, 0.2) is 30.3 Å². The van der Waals surface area contributed by atoms with Crippen LogP contribution in [0.4, 0.5) is 0 Å². The second-order valence-corrected chi connectivity index (χ2v) is 4.90. The maximum Gasteiger partial charge on any atom is 0.251 e. The first-order chi connectivity index (χ1) is 8.59. The van der Waals surface area contributed by atoms with E-state index in [2.05, 4.69) is 11.9 Å². The molecule has 98 valence electrons. The van der Waals surface area contributed by atoms with Crippen molar-refractivity contribution in [3.63, 3.8) is 0 Å². The Bertz CT molecular complexity index is 406. The van der Waals surface area contributed by atoms with Crippen molar-refractivity contribution in [3.8, 4) is 0 Å². The summed E-state index contributed by atoms with van der Waals surface area (Å²) in [7, 11) is 2.06. The fraction of sp³-hybridized carbons (Fsp3) is 0.500. The molecular weight excluding hydrogens is 228 g/mol. The largest absolute Gasteiger partial charge is 0.384 e. The van der Waals surface area contributed by atoms with E-state index in [4.69, 9.17) is 0 Å². The van der Waals surface area contributed by atoms with Gasteiger partial charge in [-0.1, -0.05) is 30.3 Å². The highest BCUT2D eigenvalue weighted by Gasteiger charge is 2.31. The van der Waals surface area contributed by atoms with Gasteiger partial charge in [-0.15, -0.1) is 0 Å². The molecule has 0 aromatic heterocycles. The molecule has 0 aliphatic carbocycles. The summed E-state index contributed by atoms with van der Waals surface area (Å²) in [6.45, 7) is 3.85. The summed E-state index contributed by atoms with van der Waals surface area (Å²) in [5.41, 5.74) is 1.12. The lowest BCUT2D eigenvalue weighted by Gasteiger charge is -2.40. The number of carbonyl (C=O) groups is 1. The maximum absolute atomic E-state index is 12.0. The third-order valence-corrected chi connectivity index (χ3v) is 3.41. The van der Waals surface area contributed by atoms with E-state index >= 15 is 0 Å². The van der Waals surface area contributed by atoms with E-state index in [0.717, 1.165) is 18.7 Å². The number of piperazine rings is 1. The number of amides is 1. The van der Waals surface area contributed by atoms with Crippen LogP contribution in [0.1, 0.15) is 18.5 Å². The molecule has 1 amide bonds. The molecule has 2 rings (SSSR count). The van der Waals surface area contributed by atoms with Crippen molar-refractivity contribution in [2.24, 2.45) is 0 Å². The number of aliphatic hydroxyl groups excluding tert-OH is 1. The van der Waals surface area contributed by atoms with Gasteiger partial charge in [0.15, 0.2) is 0 Å². The molecule has 1 heterocycles. The molecule has 4 heteroatoms. The van der Waals surface area contributed by atoms with Crippen LogP contribution in [0.3, 0.4) is 0 Å². The molecule has 4 nitrogen and oxygen atoms in total. The SMILES string of the molecule is CC(O)C(=O)N1CCN(C)CC1c1ccccc1. The number of benzene rings is 1. The van der Waals surface area contributed by atoms with Gasteiger partial charge in [-0.25, -0.2) is 0 Å². The number of aliphatic hydroxyl groups is 1. The van der Waals surface area contributed by atoms with Gasteiger partial charge < -0.3 is 14.9 Å². The number of hydrogen-bond donors (Lipinski definition) is 1. The summed E-state index contributed by atoms with van der Waals surface area (Å²) in [5.74, 6) is -0.183. The molecule has 0 spiro atoms. The quantitative estimate of drug-likeness (QED) is 0.845. The topological polar surface area (TPSA) is 43.8 Å². The summed E-state index contributed by atoms with van der Waals surface area (Å²) >= 11 is 0. The van der Waals surface area contributed by atoms with Crippen molar-refractivity contribution in [1.29, 1.82) is 0 Å². The Morgan fingerprint density at radius 3 is 2.61 bits per heavy atom. The minimum absolute atomic E-state index is 0.0343. The zero-order chi connectivity index (χ0) is 13.1. The van der Waals surface area contributed by atoms with Gasteiger partial charge in [-0.3, -0.25) is 4.79 Å². The lowest BCUT2D eigenvalue weighted by atomic mass is 10.0. The highest BCUT2D eigenvalue weighted by molar-refractivity contribution is 5.80. The Morgan fingerprint density at radius 2 is 2.00 bits per heavy atom. The predicted molar refractivity (Wildman–Crippen MR) is 70.1 cm³/mol. The van der Waals surface area contributed by atoms with Crippen molar-refractivity contribution < 1.29 is 9.90 Å². The van der Waals surface area contributed by atoms with Gasteiger partial charge in [-0.2, -0.15) is 0 Å². The van der Waals surface area contributed by atoms with Gasteiger partial charge in [0.05, 0.1) is 6.04 Å². The normalized spacial score (nSPS) is 22.8. The molecule has 0 saturated carbocycles. The molecule has 1 aromatic carbocycles. The average Bonchev–Trinajstić information content (AvgIpc) is 2.39. The number of likely N-dealkylation sites (N-methyl/N-ethyl adjacent to an activating group) is 1. The van der Waals surface area contributed by atoms with E-state index in [1.165, 1.54) is 6.92 Å². The fourth-order valence-electron chi connectivity index (χ4n) is 2.38. The molecular formula is C14H20N2O2. The maximum atomic E-state index is 12.0. The monoisotopic (exact) mass is 248 g/mol. The average molecular weight is 248 g/mol. The van der Waals surface area contributed by atoms with E-state index in [0.29, 0.717) is 6.54 Å². The van der Waals surface area contributed by atoms with Gasteiger partial charge >= 0.3 is 0 Å². The molecule has 1 N–H and O–H groups in total. The molecule has 1 fully saturated rings. The van der Waals surface area contributed by atoms with Crippen LogP contribution in [0.25, 0.3) is 0 Å². The van der Waals surface area contributed by atoms with Crippen molar-refractivity contribution in [2.45, 2.75) is 19.1 Å². The lowest BCUT2D eigenvalue weighted by Crippen LogP contribution is -2.51. The molecule has 1 aliphatic heterocycles. The van der Waals surface area contributed by atoms with E-state index in [1.54, 1.807) is 4.90 Å². The summed E-state index contributed by atoms with van der Waals surface area (Å²) in [5, 5.41) is 9.50. The minimum atomic E-state index is -0.931. The Balaban J connectivity index is 2.24. The standard InChI is InChI=1S/C14H20N2O2/c1-11(17)14(18)16-9-8-15(2)10-13(16)12-6-4-3-5-7-12/h3-7,11,13,17H,8-10H2,1-2H3. The van der Waals surface area contributed by atoms with Crippen LogP contribution in [-0.4, -0.2) is 53.6 Å². The fourth-order valence-corrected chi connectivity index (χ4v) is 2.38. The Hall–Kier alpha value is -1.39. The van der Waals surface area contributed by atoms with Crippen molar-refractivity contribution in [1.82, 2.24) is 9.80 Å². The lowest BCUT2D eigenvalue weighted by molar-refractivity contribution is -0.144. The second kappa shape index (κ2) is 5.50. The van der Waals surface area contributed by atoms with E-state index in [-0.39, 0.29) is 11.9 Å². The van der Waals surface area contributed by atoms with Crippen LogP contribution >= 0.6 is 0 Å². The van der Waals surface area contributed by atoms with Gasteiger partial charge in [-0.05, 0) is 19.5 Å². The highest BCUT2D eigenvalue weighted by Crippen LogP contribution is 2.25. The summed E-state index contributed by atoms with van der Waals surface area (Å²) in [6.07, 6.45) is -0.931. The predicted octanol–water partition coefficient (Wildman–Crippen LogP) is 0.882. The second-order valence-electron chi connectivity index (χ2n) is 4.90. The number of carbonyl (C=O) groups excluding carboxylic acids is 1. The highest BCUT2D eigenvalue weighted by atomic mass is 16.3. The van der Waals surface area contributed by atoms with Gasteiger partial charge in [0.2, 0.25) is 0 Å². The first kappa shape index (κ1) is 13.1. The molecule has 0 bridgehead atoms. The van der Waals surface area contributed by atoms with Gasteiger partial charge in [0.25, 0.3) is 5.91 Å². The van der Waals surface area contributed by atoms with E-state index < -0.39 is 6.10 Å². The Morgan fingerprint density at radius 1 is 1.33 bits per heavy atom. The number of rotatable bonds is 2. The molecule has 2 unspecified atom stereocenters. The Kier molecular flexibility index (Phi) is 3.99. The zero-order valence-electron chi connectivity index (χ0n) is 10.9. The Labute approximate surface area is 108 Å². The molecule has 0 radical (unpaired) electrons. The molecule has 2 atom stereocenters. The first-order valence-corrected chi connectivity index (χ1v) is 6.31. The van der Waals surface area contributed by atoms with Crippen LogP contribution in [0.5, 0.6) is 0 Å². The number of nitrogens with zero attached hydrogens (tertiary/aromatic N) is 2. The van der Waals surface area contributed by atoms with Crippen molar-refractivity contribution in [3.05, 3.63) is 35.9 Å². The van der Waals surface area contributed by atoms with Gasteiger partial charge in [0.1, 0.15) is 6.10 Å². The molecule has 1 saturated heterocycles.